The van der Waals surface area contributed by atoms with Crippen molar-refractivity contribution in [3.05, 3.63) is 65.7 Å². The van der Waals surface area contributed by atoms with Crippen molar-refractivity contribution in [2.24, 2.45) is 5.41 Å². The molecule has 1 unspecified atom stereocenters. The molecule has 0 aliphatic carbocycles. The molecule has 2 aromatic carbocycles. The molecule has 0 spiro atoms. The average Bonchev–Trinajstić information content (AvgIpc) is 2.76. The summed E-state index contributed by atoms with van der Waals surface area (Å²) in [4.78, 5) is 1.33. The van der Waals surface area contributed by atoms with E-state index in [4.69, 9.17) is 0 Å². The minimum Gasteiger partial charge on any atom is -0.392 e. The number of unbranched alkanes of at least 4 members (excludes halogenated alkanes) is 1. The number of hydrogen-bond donors (Lipinski definition) is 1. The van der Waals surface area contributed by atoms with Gasteiger partial charge < -0.3 is 5.11 Å². The molecule has 0 bridgehead atoms. The fourth-order valence-corrected chi connectivity index (χ4v) is 5.46. The molecule has 0 amide bonds. The van der Waals surface area contributed by atoms with Crippen LogP contribution in [0.25, 0.3) is 0 Å². The number of aliphatic hydroxyl groups excluding tert-OH is 1. The van der Waals surface area contributed by atoms with Crippen molar-refractivity contribution in [3.8, 4) is 0 Å². The minimum absolute atomic E-state index is 0.0137. The first-order valence-electron chi connectivity index (χ1n) is 9.16. The monoisotopic (exact) mass is 340 g/mol. The Hall–Kier alpha value is -1.25. The van der Waals surface area contributed by atoms with Gasteiger partial charge in [-0.05, 0) is 30.0 Å². The topological polar surface area (TPSA) is 20.2 Å². The molecule has 1 aliphatic heterocycles. The SMILES string of the molecule is CCCC[C@]1(CC)CSc2ccccc2C(c2ccccc2)[C@@H]1O. The molecule has 1 aliphatic rings. The summed E-state index contributed by atoms with van der Waals surface area (Å²) in [6.07, 6.45) is 4.16. The molecule has 2 aromatic rings. The van der Waals surface area contributed by atoms with Gasteiger partial charge in [0.05, 0.1) is 6.10 Å². The summed E-state index contributed by atoms with van der Waals surface area (Å²) < 4.78 is 0. The third-order valence-corrected chi connectivity index (χ3v) is 7.01. The van der Waals surface area contributed by atoms with Gasteiger partial charge >= 0.3 is 0 Å². The molecule has 1 nitrogen and oxygen atoms in total. The predicted molar refractivity (Wildman–Crippen MR) is 104 cm³/mol. The van der Waals surface area contributed by atoms with E-state index in [-0.39, 0.29) is 17.4 Å². The molecule has 3 rings (SSSR count). The summed E-state index contributed by atoms with van der Waals surface area (Å²) in [7, 11) is 0. The highest BCUT2D eigenvalue weighted by atomic mass is 32.2. The Labute approximate surface area is 150 Å². The van der Waals surface area contributed by atoms with Gasteiger partial charge in [-0.3, -0.25) is 0 Å². The van der Waals surface area contributed by atoms with Gasteiger partial charge in [-0.15, -0.1) is 11.8 Å². The molecule has 2 heteroatoms. The van der Waals surface area contributed by atoms with Gasteiger partial charge in [-0.1, -0.05) is 75.2 Å². The molecule has 1 heterocycles. The van der Waals surface area contributed by atoms with E-state index in [2.05, 4.69) is 68.4 Å². The Morgan fingerprint density at radius 1 is 1.04 bits per heavy atom. The molecular formula is C22H28OS. The zero-order valence-corrected chi connectivity index (χ0v) is 15.6. The maximum Gasteiger partial charge on any atom is 0.0713 e. The zero-order chi connectivity index (χ0) is 17.0. The summed E-state index contributed by atoms with van der Waals surface area (Å²) in [5, 5.41) is 11.6. The van der Waals surface area contributed by atoms with E-state index in [0.717, 1.165) is 18.6 Å². The van der Waals surface area contributed by atoms with E-state index in [1.165, 1.54) is 28.9 Å². The first-order chi connectivity index (χ1) is 11.7. The molecular weight excluding hydrogens is 312 g/mol. The van der Waals surface area contributed by atoms with E-state index in [1.54, 1.807) is 0 Å². The number of hydrogen-bond acceptors (Lipinski definition) is 2. The number of thioether (sulfide) groups is 1. The summed E-state index contributed by atoms with van der Waals surface area (Å²) in [5.74, 6) is 1.07. The van der Waals surface area contributed by atoms with Crippen LogP contribution in [0.4, 0.5) is 0 Å². The number of rotatable bonds is 5. The zero-order valence-electron chi connectivity index (χ0n) is 14.7. The first kappa shape index (κ1) is 17.6. The van der Waals surface area contributed by atoms with E-state index >= 15 is 0 Å². The lowest BCUT2D eigenvalue weighted by Gasteiger charge is -2.39. The Kier molecular flexibility index (Phi) is 5.68. The highest BCUT2D eigenvalue weighted by Crippen LogP contribution is 2.50. The average molecular weight is 341 g/mol. The van der Waals surface area contributed by atoms with Crippen LogP contribution >= 0.6 is 11.8 Å². The maximum absolute atomic E-state index is 11.6. The van der Waals surface area contributed by atoms with Crippen molar-refractivity contribution < 1.29 is 5.11 Å². The van der Waals surface area contributed by atoms with Crippen molar-refractivity contribution in [1.29, 1.82) is 0 Å². The second-order valence-corrected chi connectivity index (χ2v) is 8.00. The summed E-state index contributed by atoms with van der Waals surface area (Å²) in [6.45, 7) is 4.49. The quantitative estimate of drug-likeness (QED) is 0.734. The molecule has 128 valence electrons. The van der Waals surface area contributed by atoms with Gasteiger partial charge in [0, 0.05) is 22.0 Å². The Morgan fingerprint density at radius 2 is 1.75 bits per heavy atom. The van der Waals surface area contributed by atoms with Crippen LogP contribution in [0.3, 0.4) is 0 Å². The van der Waals surface area contributed by atoms with Crippen LogP contribution in [-0.2, 0) is 0 Å². The van der Waals surface area contributed by atoms with Crippen molar-refractivity contribution in [2.45, 2.75) is 56.4 Å². The third-order valence-electron chi connectivity index (χ3n) is 5.60. The van der Waals surface area contributed by atoms with E-state index in [1.807, 2.05) is 11.8 Å². The van der Waals surface area contributed by atoms with Crippen molar-refractivity contribution in [1.82, 2.24) is 0 Å². The van der Waals surface area contributed by atoms with Crippen LogP contribution in [0.1, 0.15) is 56.6 Å². The standard InChI is InChI=1S/C22H28OS/c1-3-5-15-22(4-2)16-24-19-14-10-9-13-18(19)20(21(22)23)17-11-7-6-8-12-17/h6-14,20-21,23H,3-5,15-16H2,1-2H3/t20?,21-,22+/m0/s1. The van der Waals surface area contributed by atoms with E-state index in [0.29, 0.717) is 0 Å². The van der Waals surface area contributed by atoms with Crippen LogP contribution in [0.2, 0.25) is 0 Å². The number of fused-ring (bicyclic) bond motifs is 1. The third kappa shape index (κ3) is 3.27. The Balaban J connectivity index is 2.09. The predicted octanol–water partition coefficient (Wildman–Crippen LogP) is 5.87. The summed E-state index contributed by atoms with van der Waals surface area (Å²) in [6, 6.07) is 19.2. The van der Waals surface area contributed by atoms with Crippen molar-refractivity contribution >= 4 is 11.8 Å². The molecule has 0 aromatic heterocycles. The fraction of sp³-hybridized carbons (Fsp3) is 0.455. The first-order valence-corrected chi connectivity index (χ1v) is 10.1. The van der Waals surface area contributed by atoms with Gasteiger partial charge in [0.15, 0.2) is 0 Å². The highest BCUT2D eigenvalue weighted by molar-refractivity contribution is 7.99. The van der Waals surface area contributed by atoms with Crippen molar-refractivity contribution in [2.75, 3.05) is 5.75 Å². The molecule has 0 radical (unpaired) electrons. The van der Waals surface area contributed by atoms with Gasteiger partial charge in [0.1, 0.15) is 0 Å². The largest absolute Gasteiger partial charge is 0.392 e. The maximum atomic E-state index is 11.6. The second kappa shape index (κ2) is 7.76. The summed E-state index contributed by atoms with van der Waals surface area (Å²) >= 11 is 1.93. The lowest BCUT2D eigenvalue weighted by molar-refractivity contribution is 0.0182. The van der Waals surface area contributed by atoms with Gasteiger partial charge in [-0.2, -0.15) is 0 Å². The normalized spacial score (nSPS) is 26.6. The summed E-state index contributed by atoms with van der Waals surface area (Å²) in [5.41, 5.74) is 2.50. The minimum atomic E-state index is -0.340. The van der Waals surface area contributed by atoms with Crippen LogP contribution in [0.15, 0.2) is 59.5 Å². The van der Waals surface area contributed by atoms with Crippen LogP contribution in [-0.4, -0.2) is 17.0 Å². The van der Waals surface area contributed by atoms with Gasteiger partial charge in [-0.25, -0.2) is 0 Å². The Bertz CT molecular complexity index is 654. The molecule has 0 fully saturated rings. The molecule has 3 atom stereocenters. The van der Waals surface area contributed by atoms with Gasteiger partial charge in [0.2, 0.25) is 0 Å². The number of aliphatic hydroxyl groups is 1. The van der Waals surface area contributed by atoms with Crippen LogP contribution in [0, 0.1) is 5.41 Å². The van der Waals surface area contributed by atoms with Gasteiger partial charge in [0.25, 0.3) is 0 Å². The fourth-order valence-electron chi connectivity index (χ4n) is 3.96. The number of benzene rings is 2. The van der Waals surface area contributed by atoms with Crippen LogP contribution in [0.5, 0.6) is 0 Å². The molecule has 0 saturated carbocycles. The smallest absolute Gasteiger partial charge is 0.0713 e. The van der Waals surface area contributed by atoms with Crippen LogP contribution < -0.4 is 0 Å². The molecule has 1 N–H and O–H groups in total. The Morgan fingerprint density at radius 3 is 2.46 bits per heavy atom. The molecule has 24 heavy (non-hydrogen) atoms. The lowest BCUT2D eigenvalue weighted by atomic mass is 9.69. The van der Waals surface area contributed by atoms with E-state index in [9.17, 15) is 5.11 Å². The van der Waals surface area contributed by atoms with Crippen molar-refractivity contribution in [3.63, 3.8) is 0 Å². The highest BCUT2D eigenvalue weighted by Gasteiger charge is 2.44. The molecule has 0 saturated heterocycles. The lowest BCUT2D eigenvalue weighted by Crippen LogP contribution is -2.40. The van der Waals surface area contributed by atoms with E-state index < -0.39 is 0 Å². The second-order valence-electron chi connectivity index (χ2n) is 6.98.